The lowest BCUT2D eigenvalue weighted by Crippen LogP contribution is -2.53. The molecule has 0 radical (unpaired) electrons. The van der Waals surface area contributed by atoms with Crippen molar-refractivity contribution >= 4 is 11.8 Å². The van der Waals surface area contributed by atoms with Crippen LogP contribution < -0.4 is 10.6 Å². The zero-order valence-corrected chi connectivity index (χ0v) is 14.3. The summed E-state index contributed by atoms with van der Waals surface area (Å²) in [4.78, 5) is 29.5. The molecule has 2 amide bonds. The van der Waals surface area contributed by atoms with Crippen LogP contribution in [0.2, 0.25) is 0 Å². The third-order valence-electron chi connectivity index (χ3n) is 4.03. The van der Waals surface area contributed by atoms with E-state index in [0.717, 1.165) is 0 Å². The van der Waals surface area contributed by atoms with Gasteiger partial charge in [-0.3, -0.25) is 14.6 Å². The molecule has 2 N–H and O–H groups in total. The third kappa shape index (κ3) is 5.22. The molecule has 134 valence electrons. The molecular weight excluding hydrogens is 325 g/mol. The van der Waals surface area contributed by atoms with Gasteiger partial charge < -0.3 is 15.5 Å². The van der Waals surface area contributed by atoms with Crippen LogP contribution in [-0.2, 0) is 4.79 Å². The van der Waals surface area contributed by atoms with Crippen molar-refractivity contribution in [2.24, 2.45) is 0 Å². The summed E-state index contributed by atoms with van der Waals surface area (Å²) >= 11 is 0. The van der Waals surface area contributed by atoms with Gasteiger partial charge in [-0.2, -0.15) is 5.26 Å². The van der Waals surface area contributed by atoms with Crippen molar-refractivity contribution in [3.8, 4) is 6.07 Å². The number of hydrogen-bond acceptors (Lipinski definition) is 5. The Bertz CT molecular complexity index is 659. The van der Waals surface area contributed by atoms with Gasteiger partial charge in [0, 0.05) is 24.7 Å². The normalized spacial score (nSPS) is 20.2. The SMILES string of the molecule is CC(C)(CNC(=O)c1ccccn1)NCC(=O)N1C[C@@H](F)C[C@H]1C#N. The number of likely N-dealkylation sites (tertiary alicyclic amines) is 1. The molecule has 0 bridgehead atoms. The van der Waals surface area contributed by atoms with Crippen LogP contribution >= 0.6 is 0 Å². The number of carbonyl (C=O) groups is 2. The molecule has 0 aromatic carbocycles. The fraction of sp³-hybridized carbons (Fsp3) is 0.529. The number of nitrogens with zero attached hydrogens (tertiary/aromatic N) is 3. The zero-order chi connectivity index (χ0) is 18.4. The molecule has 25 heavy (non-hydrogen) atoms. The highest BCUT2D eigenvalue weighted by Crippen LogP contribution is 2.19. The molecule has 0 saturated carbocycles. The number of nitriles is 1. The third-order valence-corrected chi connectivity index (χ3v) is 4.03. The number of aromatic nitrogens is 1. The molecule has 1 aliphatic heterocycles. The average molecular weight is 347 g/mol. The summed E-state index contributed by atoms with van der Waals surface area (Å²) in [5.41, 5.74) is -0.242. The standard InChI is InChI=1S/C17H22FN5O2/c1-17(2,11-21-16(25)14-5-3-4-6-20-14)22-9-15(24)23-10-12(18)7-13(23)8-19/h3-6,12-13,22H,7,9-11H2,1-2H3,(H,21,25)/t12-,13-/m0/s1. The summed E-state index contributed by atoms with van der Waals surface area (Å²) < 4.78 is 13.4. The minimum Gasteiger partial charge on any atom is -0.349 e. The Kier molecular flexibility index (Phi) is 6.04. The van der Waals surface area contributed by atoms with Crippen LogP contribution in [0.25, 0.3) is 0 Å². The summed E-state index contributed by atoms with van der Waals surface area (Å²) in [6.45, 7) is 3.88. The number of carbonyl (C=O) groups excluding carboxylic acids is 2. The van der Waals surface area contributed by atoms with Gasteiger partial charge in [0.2, 0.25) is 5.91 Å². The number of nitrogens with one attached hydrogen (secondary N) is 2. The molecule has 1 aromatic heterocycles. The minimum atomic E-state index is -1.15. The van der Waals surface area contributed by atoms with Crippen LogP contribution in [0.1, 0.15) is 30.8 Å². The maximum Gasteiger partial charge on any atom is 0.269 e. The molecule has 0 aliphatic carbocycles. The lowest BCUT2D eigenvalue weighted by Gasteiger charge is -2.28. The summed E-state index contributed by atoms with van der Waals surface area (Å²) in [6.07, 6.45) is 0.446. The fourth-order valence-corrected chi connectivity index (χ4v) is 2.55. The quantitative estimate of drug-likeness (QED) is 0.787. The minimum absolute atomic E-state index is 0.0304. The Morgan fingerprint density at radius 3 is 2.88 bits per heavy atom. The van der Waals surface area contributed by atoms with E-state index in [0.29, 0.717) is 5.69 Å². The van der Waals surface area contributed by atoms with Crippen LogP contribution in [0.15, 0.2) is 24.4 Å². The second kappa shape index (κ2) is 8.03. The van der Waals surface area contributed by atoms with Gasteiger partial charge in [-0.05, 0) is 26.0 Å². The Labute approximate surface area is 146 Å². The smallest absolute Gasteiger partial charge is 0.269 e. The van der Waals surface area contributed by atoms with Gasteiger partial charge in [0.25, 0.3) is 5.91 Å². The summed E-state index contributed by atoms with van der Waals surface area (Å²) in [7, 11) is 0. The second-order valence-corrected chi connectivity index (χ2v) is 6.66. The van der Waals surface area contributed by atoms with Gasteiger partial charge >= 0.3 is 0 Å². The molecule has 0 spiro atoms. The van der Waals surface area contributed by atoms with E-state index in [1.807, 2.05) is 19.9 Å². The summed E-state index contributed by atoms with van der Waals surface area (Å²) in [5.74, 6) is -0.623. The van der Waals surface area contributed by atoms with E-state index in [9.17, 15) is 14.0 Å². The second-order valence-electron chi connectivity index (χ2n) is 6.66. The van der Waals surface area contributed by atoms with Gasteiger partial charge in [0.15, 0.2) is 0 Å². The van der Waals surface area contributed by atoms with Crippen LogP contribution in [0.3, 0.4) is 0 Å². The molecule has 1 saturated heterocycles. The predicted octanol–water partition coefficient (Wildman–Crippen LogP) is 0.642. The fourth-order valence-electron chi connectivity index (χ4n) is 2.55. The molecular formula is C17H22FN5O2. The lowest BCUT2D eigenvalue weighted by molar-refractivity contribution is -0.130. The topological polar surface area (TPSA) is 98.1 Å². The van der Waals surface area contributed by atoms with Crippen LogP contribution in [0, 0.1) is 11.3 Å². The maximum atomic E-state index is 13.4. The molecule has 7 nitrogen and oxygen atoms in total. The van der Waals surface area contributed by atoms with Crippen molar-refractivity contribution in [3.63, 3.8) is 0 Å². The molecule has 1 fully saturated rings. The van der Waals surface area contributed by atoms with Crippen molar-refractivity contribution in [3.05, 3.63) is 30.1 Å². The van der Waals surface area contributed by atoms with Crippen LogP contribution in [0.4, 0.5) is 4.39 Å². The molecule has 8 heteroatoms. The van der Waals surface area contributed by atoms with Gasteiger partial charge in [-0.1, -0.05) is 6.07 Å². The van der Waals surface area contributed by atoms with Gasteiger partial charge in [-0.15, -0.1) is 0 Å². The van der Waals surface area contributed by atoms with E-state index in [1.165, 1.54) is 11.1 Å². The molecule has 2 rings (SSSR count). The van der Waals surface area contributed by atoms with Crippen LogP contribution in [0.5, 0.6) is 0 Å². The number of hydrogen-bond donors (Lipinski definition) is 2. The van der Waals surface area contributed by atoms with E-state index in [4.69, 9.17) is 5.26 Å². The zero-order valence-electron chi connectivity index (χ0n) is 14.3. The highest BCUT2D eigenvalue weighted by atomic mass is 19.1. The monoisotopic (exact) mass is 347 g/mol. The first-order valence-corrected chi connectivity index (χ1v) is 8.10. The van der Waals surface area contributed by atoms with E-state index in [2.05, 4.69) is 15.6 Å². The largest absolute Gasteiger partial charge is 0.349 e. The van der Waals surface area contributed by atoms with E-state index >= 15 is 0 Å². The lowest BCUT2D eigenvalue weighted by atomic mass is 10.1. The van der Waals surface area contributed by atoms with Gasteiger partial charge in [0.05, 0.1) is 19.2 Å². The van der Waals surface area contributed by atoms with Crippen molar-refractivity contribution in [2.75, 3.05) is 19.6 Å². The maximum absolute atomic E-state index is 13.4. The Morgan fingerprint density at radius 2 is 2.24 bits per heavy atom. The summed E-state index contributed by atoms with van der Waals surface area (Å²) in [6, 6.07) is 6.31. The highest BCUT2D eigenvalue weighted by molar-refractivity contribution is 5.92. The van der Waals surface area contributed by atoms with Crippen molar-refractivity contribution in [1.82, 2.24) is 20.5 Å². The number of halogens is 1. The summed E-state index contributed by atoms with van der Waals surface area (Å²) in [5, 5.41) is 14.8. The molecule has 1 aliphatic rings. The van der Waals surface area contributed by atoms with Crippen molar-refractivity contribution in [1.29, 1.82) is 5.26 Å². The number of pyridine rings is 1. The average Bonchev–Trinajstić information content (AvgIpc) is 2.99. The van der Waals surface area contributed by atoms with Crippen molar-refractivity contribution < 1.29 is 14.0 Å². The molecule has 0 unspecified atom stereocenters. The van der Waals surface area contributed by atoms with Gasteiger partial charge in [0.1, 0.15) is 17.9 Å². The van der Waals surface area contributed by atoms with Gasteiger partial charge in [-0.25, -0.2) is 4.39 Å². The number of alkyl halides is 1. The van der Waals surface area contributed by atoms with E-state index in [1.54, 1.807) is 18.2 Å². The molecule has 2 atom stereocenters. The highest BCUT2D eigenvalue weighted by Gasteiger charge is 2.35. The number of rotatable bonds is 6. The Balaban J connectivity index is 1.82. The van der Waals surface area contributed by atoms with E-state index in [-0.39, 0.29) is 37.9 Å². The first-order chi connectivity index (χ1) is 11.8. The Morgan fingerprint density at radius 1 is 1.48 bits per heavy atom. The molecule has 2 heterocycles. The Hall–Kier alpha value is -2.53. The van der Waals surface area contributed by atoms with Crippen LogP contribution in [-0.4, -0.2) is 59.1 Å². The first-order valence-electron chi connectivity index (χ1n) is 8.10. The predicted molar refractivity (Wildman–Crippen MR) is 89.3 cm³/mol. The first kappa shape index (κ1) is 18.8. The van der Waals surface area contributed by atoms with Crippen molar-refractivity contribution in [2.45, 2.75) is 38.0 Å². The van der Waals surface area contributed by atoms with E-state index < -0.39 is 17.8 Å². The number of amides is 2. The molecule has 1 aromatic rings.